The lowest BCUT2D eigenvalue weighted by atomic mass is 10.2. The van der Waals surface area contributed by atoms with Crippen molar-refractivity contribution < 1.29 is 0 Å². The molecule has 2 heterocycles. The van der Waals surface area contributed by atoms with E-state index < -0.39 is 0 Å². The number of hydrogen-bond donors (Lipinski definition) is 2. The first-order valence-electron chi connectivity index (χ1n) is 7.54. The van der Waals surface area contributed by atoms with E-state index >= 15 is 0 Å². The summed E-state index contributed by atoms with van der Waals surface area (Å²) in [5, 5.41) is 7.53. The Labute approximate surface area is 130 Å². The van der Waals surface area contributed by atoms with Gasteiger partial charge in [0.25, 0.3) is 0 Å². The van der Waals surface area contributed by atoms with Crippen molar-refractivity contribution in [1.29, 1.82) is 5.41 Å². The molecular formula is C17H21N5. The van der Waals surface area contributed by atoms with Crippen LogP contribution in [0.25, 0.3) is 0 Å². The van der Waals surface area contributed by atoms with E-state index in [0.717, 1.165) is 44.1 Å². The van der Waals surface area contributed by atoms with Gasteiger partial charge in [-0.2, -0.15) is 0 Å². The number of pyridine rings is 1. The summed E-state index contributed by atoms with van der Waals surface area (Å²) >= 11 is 0. The van der Waals surface area contributed by atoms with E-state index in [2.05, 4.69) is 45.1 Å². The molecule has 1 aromatic carbocycles. The first-order valence-corrected chi connectivity index (χ1v) is 7.54. The molecule has 5 heteroatoms. The van der Waals surface area contributed by atoms with Crippen molar-refractivity contribution >= 4 is 11.7 Å². The summed E-state index contributed by atoms with van der Waals surface area (Å²) in [7, 11) is 0. The number of benzene rings is 1. The van der Waals surface area contributed by atoms with Crippen LogP contribution in [0, 0.1) is 5.41 Å². The van der Waals surface area contributed by atoms with Crippen LogP contribution in [0.4, 0.5) is 5.82 Å². The maximum atomic E-state index is 7.53. The molecule has 3 N–H and O–H groups in total. The fourth-order valence-corrected chi connectivity index (χ4v) is 2.74. The zero-order valence-corrected chi connectivity index (χ0v) is 12.6. The van der Waals surface area contributed by atoms with Gasteiger partial charge in [0, 0.05) is 44.5 Å². The summed E-state index contributed by atoms with van der Waals surface area (Å²) in [6, 6.07) is 14.2. The highest BCUT2D eigenvalue weighted by Gasteiger charge is 2.18. The van der Waals surface area contributed by atoms with Crippen LogP contribution in [-0.2, 0) is 6.54 Å². The number of piperazine rings is 1. The predicted octanol–water partition coefficient (Wildman–Crippen LogP) is 1.69. The zero-order valence-electron chi connectivity index (χ0n) is 12.6. The lowest BCUT2D eigenvalue weighted by Gasteiger charge is -2.35. The Morgan fingerprint density at radius 1 is 1.09 bits per heavy atom. The van der Waals surface area contributed by atoms with Crippen molar-refractivity contribution in [2.45, 2.75) is 6.54 Å². The molecule has 2 aromatic rings. The van der Waals surface area contributed by atoms with E-state index in [-0.39, 0.29) is 5.84 Å². The number of nitrogens with two attached hydrogens (primary N) is 1. The van der Waals surface area contributed by atoms with Crippen LogP contribution in [0.2, 0.25) is 0 Å². The molecule has 5 nitrogen and oxygen atoms in total. The van der Waals surface area contributed by atoms with Crippen molar-refractivity contribution in [1.82, 2.24) is 9.88 Å². The Morgan fingerprint density at radius 2 is 1.82 bits per heavy atom. The van der Waals surface area contributed by atoms with Gasteiger partial charge in [-0.15, -0.1) is 0 Å². The standard InChI is InChI=1S/C17H21N5/c18-17(19)15-6-7-20-16(12-15)22-10-8-21(9-11-22)13-14-4-2-1-3-5-14/h1-7,12H,8-11,13H2,(H3,18,19). The molecular weight excluding hydrogens is 274 g/mol. The van der Waals surface area contributed by atoms with Crippen molar-refractivity contribution in [3.05, 3.63) is 59.8 Å². The molecule has 0 atom stereocenters. The Morgan fingerprint density at radius 3 is 2.50 bits per heavy atom. The summed E-state index contributed by atoms with van der Waals surface area (Å²) in [5.41, 5.74) is 7.64. The van der Waals surface area contributed by atoms with Crippen LogP contribution in [0.15, 0.2) is 48.7 Å². The maximum absolute atomic E-state index is 7.53. The molecule has 1 fully saturated rings. The fourth-order valence-electron chi connectivity index (χ4n) is 2.74. The maximum Gasteiger partial charge on any atom is 0.129 e. The summed E-state index contributed by atoms with van der Waals surface area (Å²) in [4.78, 5) is 9.13. The quantitative estimate of drug-likeness (QED) is 0.665. The van der Waals surface area contributed by atoms with Gasteiger partial charge in [0.2, 0.25) is 0 Å². The molecule has 0 aliphatic carbocycles. The number of anilines is 1. The molecule has 1 aliphatic heterocycles. The van der Waals surface area contributed by atoms with Crippen LogP contribution in [-0.4, -0.2) is 41.9 Å². The number of amidine groups is 1. The average molecular weight is 295 g/mol. The van der Waals surface area contributed by atoms with E-state index in [0.29, 0.717) is 0 Å². The minimum absolute atomic E-state index is 0.0892. The van der Waals surface area contributed by atoms with E-state index in [4.69, 9.17) is 11.1 Å². The predicted molar refractivity (Wildman–Crippen MR) is 89.2 cm³/mol. The van der Waals surface area contributed by atoms with Crippen molar-refractivity contribution in [2.24, 2.45) is 5.73 Å². The molecule has 0 unspecified atom stereocenters. The minimum atomic E-state index is 0.0892. The summed E-state index contributed by atoms with van der Waals surface area (Å²) in [6.07, 6.45) is 1.72. The van der Waals surface area contributed by atoms with Gasteiger partial charge >= 0.3 is 0 Å². The Hall–Kier alpha value is -2.40. The Balaban J connectivity index is 1.60. The smallest absolute Gasteiger partial charge is 0.129 e. The van der Waals surface area contributed by atoms with E-state index in [1.807, 2.05) is 6.07 Å². The number of hydrogen-bond acceptors (Lipinski definition) is 4. The molecule has 0 radical (unpaired) electrons. The van der Waals surface area contributed by atoms with Gasteiger partial charge in [-0.05, 0) is 17.7 Å². The molecule has 0 spiro atoms. The largest absolute Gasteiger partial charge is 0.384 e. The first kappa shape index (κ1) is 14.5. The van der Waals surface area contributed by atoms with Gasteiger partial charge in [-0.25, -0.2) is 4.98 Å². The molecule has 3 rings (SSSR count). The minimum Gasteiger partial charge on any atom is -0.384 e. The molecule has 0 saturated carbocycles. The number of nitrogens with zero attached hydrogens (tertiary/aromatic N) is 3. The van der Waals surface area contributed by atoms with Gasteiger partial charge in [0.1, 0.15) is 11.7 Å². The SMILES string of the molecule is N=C(N)c1ccnc(N2CCN(Cc3ccccc3)CC2)c1. The van der Waals surface area contributed by atoms with Crippen molar-refractivity contribution in [3.8, 4) is 0 Å². The van der Waals surface area contributed by atoms with Gasteiger partial charge in [0.15, 0.2) is 0 Å². The van der Waals surface area contributed by atoms with Crippen molar-refractivity contribution in [2.75, 3.05) is 31.1 Å². The van der Waals surface area contributed by atoms with Gasteiger partial charge < -0.3 is 10.6 Å². The first-order chi connectivity index (χ1) is 10.7. The summed E-state index contributed by atoms with van der Waals surface area (Å²) in [5.74, 6) is 0.999. The van der Waals surface area contributed by atoms with Gasteiger partial charge in [0.05, 0.1) is 0 Å². The zero-order chi connectivity index (χ0) is 15.4. The van der Waals surface area contributed by atoms with E-state index in [9.17, 15) is 0 Å². The van der Waals surface area contributed by atoms with E-state index in [1.165, 1.54) is 5.56 Å². The summed E-state index contributed by atoms with van der Waals surface area (Å²) in [6.45, 7) is 4.92. The van der Waals surface area contributed by atoms with Gasteiger partial charge in [-0.1, -0.05) is 30.3 Å². The molecule has 1 aliphatic rings. The second kappa shape index (κ2) is 6.58. The molecule has 114 valence electrons. The Kier molecular flexibility index (Phi) is 4.34. The van der Waals surface area contributed by atoms with Crippen LogP contribution in [0.5, 0.6) is 0 Å². The average Bonchev–Trinajstić information content (AvgIpc) is 2.56. The summed E-state index contributed by atoms with van der Waals surface area (Å²) < 4.78 is 0. The molecule has 1 aromatic heterocycles. The highest BCUT2D eigenvalue weighted by molar-refractivity contribution is 5.95. The molecule has 0 amide bonds. The number of nitrogen functional groups attached to an aromatic ring is 1. The number of aromatic nitrogens is 1. The topological polar surface area (TPSA) is 69.2 Å². The van der Waals surface area contributed by atoms with Crippen molar-refractivity contribution in [3.63, 3.8) is 0 Å². The normalized spacial score (nSPS) is 15.7. The number of rotatable bonds is 4. The lowest BCUT2D eigenvalue weighted by molar-refractivity contribution is 0.249. The Bertz CT molecular complexity index is 633. The third-order valence-electron chi connectivity index (χ3n) is 4.00. The van der Waals surface area contributed by atoms with Gasteiger partial charge in [-0.3, -0.25) is 10.3 Å². The molecule has 1 saturated heterocycles. The molecule has 22 heavy (non-hydrogen) atoms. The highest BCUT2D eigenvalue weighted by atomic mass is 15.3. The number of nitrogens with one attached hydrogen (secondary N) is 1. The fraction of sp³-hybridized carbons (Fsp3) is 0.294. The monoisotopic (exact) mass is 295 g/mol. The van der Waals surface area contributed by atoms with Crippen LogP contribution < -0.4 is 10.6 Å². The second-order valence-corrected chi connectivity index (χ2v) is 5.57. The third kappa shape index (κ3) is 3.43. The van der Waals surface area contributed by atoms with Crippen LogP contribution in [0.1, 0.15) is 11.1 Å². The molecule has 0 bridgehead atoms. The third-order valence-corrected chi connectivity index (χ3v) is 4.00. The lowest BCUT2D eigenvalue weighted by Crippen LogP contribution is -2.46. The van der Waals surface area contributed by atoms with Crippen LogP contribution >= 0.6 is 0 Å². The second-order valence-electron chi connectivity index (χ2n) is 5.57. The van der Waals surface area contributed by atoms with E-state index in [1.54, 1.807) is 12.3 Å². The highest BCUT2D eigenvalue weighted by Crippen LogP contribution is 2.16. The van der Waals surface area contributed by atoms with Crippen LogP contribution in [0.3, 0.4) is 0 Å².